The highest BCUT2D eigenvalue weighted by molar-refractivity contribution is 5.86. The van der Waals surface area contributed by atoms with E-state index in [0.29, 0.717) is 12.6 Å². The van der Waals surface area contributed by atoms with Crippen LogP contribution in [0, 0.1) is 5.92 Å². The molecule has 2 nitrogen and oxygen atoms in total. The molecule has 3 rings (SSSR count). The Bertz CT molecular complexity index is 419. The van der Waals surface area contributed by atoms with E-state index in [1.165, 1.54) is 5.56 Å². The van der Waals surface area contributed by atoms with Gasteiger partial charge in [0.05, 0.1) is 5.92 Å². The molecular weight excluding hydrogens is 198 g/mol. The topological polar surface area (TPSA) is 20.3 Å². The molecule has 1 aromatic rings. The number of carbonyl (C=O) groups is 1. The summed E-state index contributed by atoms with van der Waals surface area (Å²) in [5.41, 5.74) is 1.19. The van der Waals surface area contributed by atoms with Gasteiger partial charge in [-0.25, -0.2) is 0 Å². The van der Waals surface area contributed by atoms with Crippen LogP contribution in [-0.2, 0) is 11.3 Å². The maximum Gasteiger partial charge on any atom is 0.228 e. The lowest BCUT2D eigenvalue weighted by Gasteiger charge is -2.50. The Morgan fingerprint density at radius 2 is 2.12 bits per heavy atom. The van der Waals surface area contributed by atoms with Crippen LogP contribution in [0.5, 0.6) is 0 Å². The molecule has 3 atom stereocenters. The van der Waals surface area contributed by atoms with Gasteiger partial charge in [-0.15, -0.1) is 0 Å². The Kier molecular flexibility index (Phi) is 2.16. The van der Waals surface area contributed by atoms with E-state index in [1.807, 2.05) is 23.1 Å². The molecular formula is C14H17NO. The summed E-state index contributed by atoms with van der Waals surface area (Å²) in [7, 11) is 0. The Balaban J connectivity index is 1.72. The monoisotopic (exact) mass is 216 g/mol. The molecule has 0 radical (unpaired) electrons. The van der Waals surface area contributed by atoms with Crippen LogP contribution in [0.15, 0.2) is 30.3 Å². The maximum atomic E-state index is 12.0. The SMILES string of the molecule is [2H]C1CCC[C@@H]2[C@H]1C(=O)N2Cc1ccccc1. The quantitative estimate of drug-likeness (QED) is 0.696. The third-order valence-electron chi connectivity index (χ3n) is 3.70. The molecule has 1 saturated carbocycles. The lowest BCUT2D eigenvalue weighted by Crippen LogP contribution is -2.61. The summed E-state index contributed by atoms with van der Waals surface area (Å²) in [6.07, 6.45) is 2.91. The van der Waals surface area contributed by atoms with Crippen molar-refractivity contribution in [3.63, 3.8) is 0 Å². The molecule has 1 amide bonds. The van der Waals surface area contributed by atoms with E-state index in [4.69, 9.17) is 1.37 Å². The van der Waals surface area contributed by atoms with Crippen molar-refractivity contribution in [1.82, 2.24) is 4.90 Å². The molecule has 1 aliphatic heterocycles. The summed E-state index contributed by atoms with van der Waals surface area (Å²) in [6, 6.07) is 10.4. The Hall–Kier alpha value is -1.31. The van der Waals surface area contributed by atoms with Gasteiger partial charge in [0.2, 0.25) is 5.91 Å². The zero-order valence-corrected chi connectivity index (χ0v) is 9.30. The molecule has 0 N–H and O–H groups in total. The Morgan fingerprint density at radius 1 is 1.31 bits per heavy atom. The number of fused-ring (bicyclic) bond motifs is 1. The van der Waals surface area contributed by atoms with Crippen LogP contribution in [0.25, 0.3) is 0 Å². The molecule has 1 aromatic carbocycles. The number of nitrogens with zero attached hydrogens (tertiary/aromatic N) is 1. The number of rotatable bonds is 2. The highest BCUT2D eigenvalue weighted by Crippen LogP contribution is 2.39. The van der Waals surface area contributed by atoms with Crippen molar-refractivity contribution in [2.24, 2.45) is 5.92 Å². The van der Waals surface area contributed by atoms with Gasteiger partial charge < -0.3 is 4.90 Å². The van der Waals surface area contributed by atoms with Crippen molar-refractivity contribution < 1.29 is 6.17 Å². The summed E-state index contributed by atoms with van der Waals surface area (Å²) in [4.78, 5) is 14.0. The summed E-state index contributed by atoms with van der Waals surface area (Å²) < 4.78 is 7.91. The fourth-order valence-electron chi connectivity index (χ4n) is 2.82. The zero-order chi connectivity index (χ0) is 11.8. The first kappa shape index (κ1) is 8.80. The van der Waals surface area contributed by atoms with Gasteiger partial charge in [-0.3, -0.25) is 4.79 Å². The zero-order valence-electron chi connectivity index (χ0n) is 10.3. The van der Waals surface area contributed by atoms with Crippen LogP contribution < -0.4 is 0 Å². The average Bonchev–Trinajstić information content (AvgIpc) is 2.36. The van der Waals surface area contributed by atoms with Crippen molar-refractivity contribution in [3.05, 3.63) is 35.9 Å². The smallest absolute Gasteiger partial charge is 0.228 e. The molecule has 2 aliphatic rings. The van der Waals surface area contributed by atoms with Gasteiger partial charge in [0.15, 0.2) is 0 Å². The molecule has 2 fully saturated rings. The number of carbonyl (C=O) groups excluding carboxylic acids is 1. The first-order valence-corrected chi connectivity index (χ1v) is 6.04. The number of β-lactam (4-membered cyclic amide) rings is 1. The van der Waals surface area contributed by atoms with E-state index in [-0.39, 0.29) is 18.2 Å². The molecule has 0 aromatic heterocycles. The molecule has 1 unspecified atom stereocenters. The standard InChI is InChI=1S/C14H17NO/c16-14-12-8-4-5-9-13(12)15(14)10-11-6-2-1-3-7-11/h1-3,6-7,12-13H,4-5,8-10H2/t12-,13+/m0/s1/i8D/t8?,12-,13+. The molecule has 1 saturated heterocycles. The lowest BCUT2D eigenvalue weighted by atomic mass is 9.76. The third kappa shape index (κ3) is 1.53. The van der Waals surface area contributed by atoms with Crippen LogP contribution in [0.3, 0.4) is 0 Å². The fourth-order valence-corrected chi connectivity index (χ4v) is 2.82. The number of likely N-dealkylation sites (tertiary alicyclic amines) is 1. The average molecular weight is 216 g/mol. The van der Waals surface area contributed by atoms with Gasteiger partial charge in [0.1, 0.15) is 0 Å². The molecule has 0 spiro atoms. The number of hydrogen-bond donors (Lipinski definition) is 0. The second-order valence-corrected chi connectivity index (χ2v) is 4.71. The van der Waals surface area contributed by atoms with Crippen LogP contribution in [0.2, 0.25) is 0 Å². The van der Waals surface area contributed by atoms with Crippen LogP contribution in [0.1, 0.15) is 32.6 Å². The summed E-state index contributed by atoms with van der Waals surface area (Å²) >= 11 is 0. The van der Waals surface area contributed by atoms with Crippen molar-refractivity contribution in [2.75, 3.05) is 0 Å². The fraction of sp³-hybridized carbons (Fsp3) is 0.500. The van der Waals surface area contributed by atoms with Gasteiger partial charge >= 0.3 is 0 Å². The van der Waals surface area contributed by atoms with E-state index in [9.17, 15) is 4.79 Å². The second-order valence-electron chi connectivity index (χ2n) is 4.71. The third-order valence-corrected chi connectivity index (χ3v) is 3.70. The summed E-state index contributed by atoms with van der Waals surface area (Å²) in [5, 5.41) is 0. The number of hydrogen-bond acceptors (Lipinski definition) is 1. The minimum atomic E-state index is -0.159. The highest BCUT2D eigenvalue weighted by Gasteiger charge is 2.47. The molecule has 2 heteroatoms. The number of benzene rings is 1. The Morgan fingerprint density at radius 3 is 2.94 bits per heavy atom. The van der Waals surface area contributed by atoms with Crippen molar-refractivity contribution in [3.8, 4) is 0 Å². The largest absolute Gasteiger partial charge is 0.334 e. The number of amides is 1. The van der Waals surface area contributed by atoms with Gasteiger partial charge in [-0.05, 0) is 18.4 Å². The highest BCUT2D eigenvalue weighted by atomic mass is 16.2. The van der Waals surface area contributed by atoms with E-state index < -0.39 is 0 Å². The van der Waals surface area contributed by atoms with E-state index in [1.54, 1.807) is 0 Å². The van der Waals surface area contributed by atoms with Crippen molar-refractivity contribution in [2.45, 2.75) is 38.2 Å². The first-order chi connectivity index (χ1) is 8.27. The molecule has 1 aliphatic carbocycles. The van der Waals surface area contributed by atoms with Gasteiger partial charge in [0, 0.05) is 14.0 Å². The molecule has 84 valence electrons. The summed E-state index contributed by atoms with van der Waals surface area (Å²) in [5.74, 6) is 0.186. The predicted molar refractivity (Wildman–Crippen MR) is 62.7 cm³/mol. The second kappa shape index (κ2) is 3.93. The van der Waals surface area contributed by atoms with Crippen molar-refractivity contribution in [1.29, 1.82) is 0 Å². The van der Waals surface area contributed by atoms with Crippen LogP contribution >= 0.6 is 0 Å². The molecule has 0 bridgehead atoms. The van der Waals surface area contributed by atoms with E-state index >= 15 is 0 Å². The van der Waals surface area contributed by atoms with Crippen LogP contribution in [0.4, 0.5) is 0 Å². The minimum absolute atomic E-state index is 0.00698. The van der Waals surface area contributed by atoms with Crippen molar-refractivity contribution >= 4 is 5.91 Å². The van der Waals surface area contributed by atoms with E-state index in [0.717, 1.165) is 19.3 Å². The van der Waals surface area contributed by atoms with E-state index in [2.05, 4.69) is 12.1 Å². The molecule has 1 heterocycles. The minimum Gasteiger partial charge on any atom is -0.334 e. The lowest BCUT2D eigenvalue weighted by molar-refractivity contribution is -0.160. The maximum absolute atomic E-state index is 12.0. The van der Waals surface area contributed by atoms with Gasteiger partial charge in [0.25, 0.3) is 0 Å². The predicted octanol–water partition coefficient (Wildman–Crippen LogP) is 2.59. The first-order valence-electron chi connectivity index (χ1n) is 6.62. The Labute approximate surface area is 97.7 Å². The van der Waals surface area contributed by atoms with Gasteiger partial charge in [-0.1, -0.05) is 43.2 Å². The summed E-state index contributed by atoms with van der Waals surface area (Å²) in [6.45, 7) is 0.716. The van der Waals surface area contributed by atoms with Crippen LogP contribution in [-0.4, -0.2) is 16.8 Å². The normalized spacial score (nSPS) is 34.0. The van der Waals surface area contributed by atoms with Gasteiger partial charge in [-0.2, -0.15) is 0 Å². The molecule has 16 heavy (non-hydrogen) atoms.